The molecule has 18 aromatic carbocycles. The fraction of sp³-hybridized carbons (Fsp3) is 0.0841. The molecule has 4 nitrogen and oxygen atoms in total. The first-order chi connectivity index (χ1) is 67.2. The van der Waals surface area contributed by atoms with Crippen LogP contribution in [-0.4, -0.2) is 127 Å². The van der Waals surface area contributed by atoms with Gasteiger partial charge in [-0.05, 0) is 253 Å². The Kier molecular flexibility index (Phi) is 59.7. The fourth-order valence-corrected chi connectivity index (χ4v) is 21.9. The average Bonchev–Trinajstić information content (AvgIpc) is 0.730. The van der Waals surface area contributed by atoms with Gasteiger partial charge in [0.2, 0.25) is 0 Å². The third-order valence-electron chi connectivity index (χ3n) is 21.3. The summed E-state index contributed by atoms with van der Waals surface area (Å²) in [6.07, 6.45) is 7.92. The Morgan fingerprint density at radius 3 is 0.993 bits per heavy atom. The van der Waals surface area contributed by atoms with Gasteiger partial charge in [0.25, 0.3) is 0 Å². The minimum absolute atomic E-state index is 0. The van der Waals surface area contributed by atoms with Crippen molar-refractivity contribution in [3.63, 3.8) is 0 Å². The molecule has 0 unspecified atom stereocenters. The van der Waals surface area contributed by atoms with Crippen LogP contribution >= 0.6 is 229 Å². The van der Waals surface area contributed by atoms with Crippen molar-refractivity contribution in [2.24, 2.45) is 0 Å². The number of alkyl halides is 2. The van der Waals surface area contributed by atoms with E-state index in [1.54, 1.807) is 138 Å². The zero-order chi connectivity index (χ0) is 102. The summed E-state index contributed by atoms with van der Waals surface area (Å²) >= 11 is 52.0. The molecular formula is C107H82B3Br7Cl2Co3F8IK2O4S6. The van der Waals surface area contributed by atoms with Crippen LogP contribution in [-0.2, 0) is 50.3 Å². The molecule has 0 aliphatic rings. The maximum atomic E-state index is 14.8. The molecule has 0 bridgehead atoms. The van der Waals surface area contributed by atoms with Gasteiger partial charge in [0.1, 0.15) is 52.3 Å². The molecule has 0 spiro atoms. The second-order valence-electron chi connectivity index (χ2n) is 29.6. The van der Waals surface area contributed by atoms with E-state index in [0.29, 0.717) is 81.2 Å². The van der Waals surface area contributed by atoms with E-state index in [-0.39, 0.29) is 105 Å². The number of hydrogen-bond acceptors (Lipinski definition) is 10. The van der Waals surface area contributed by atoms with Crippen LogP contribution in [0, 0.1) is 77.8 Å². The van der Waals surface area contributed by atoms with Crippen molar-refractivity contribution in [1.82, 2.24) is 0 Å². The molecule has 0 fully saturated rings. The normalized spacial score (nSPS) is 10.3. The molecule has 0 aliphatic carbocycles. The van der Waals surface area contributed by atoms with E-state index in [1.165, 1.54) is 129 Å². The maximum absolute atomic E-state index is 14.8. The van der Waals surface area contributed by atoms with Crippen molar-refractivity contribution in [3.05, 3.63) is 400 Å². The van der Waals surface area contributed by atoms with Crippen molar-refractivity contribution < 1.29 is 105 Å². The Morgan fingerprint density at radius 2 is 0.629 bits per heavy atom. The van der Waals surface area contributed by atoms with Gasteiger partial charge in [0.05, 0.1) is 9.81 Å². The monoisotopic (exact) mass is 2810 g/mol. The number of aryl methyl sites for hydroxylation is 2. The van der Waals surface area contributed by atoms with E-state index in [2.05, 4.69) is 167 Å². The third-order valence-corrected chi connectivity index (χ3v) is 29.0. The Bertz CT molecular complexity index is 7360. The quantitative estimate of drug-likeness (QED) is 0.0149. The summed E-state index contributed by atoms with van der Waals surface area (Å²) in [4.78, 5) is 5.01. The van der Waals surface area contributed by atoms with Crippen LogP contribution in [0.15, 0.2) is 357 Å². The van der Waals surface area contributed by atoms with Crippen LogP contribution in [0.2, 0.25) is 0 Å². The molecule has 0 saturated heterocycles. The van der Waals surface area contributed by atoms with Gasteiger partial charge >= 0.3 is 81.1 Å². The standard InChI is InChI=1S/C24H17BrF2S.C22H13BrF2S2.C18H15BFO2S.C18H15FS.C12H13BO2S.C6H3BrFI.C6H4BrF.CH2Cl2.BBr3.3Co.2K/c1-14-22(19-13-15(25)11-12-21(19)27)16-7-3-4-8-17(16)23(24(14)28-2)18-9-5-6-10-20(18)26;23-12-9-10-18(25)16(11-12)20-14-6-2-1-5-13(14)19(21(26)22(20)27)15-7-3-4-8-17(15)24;1-11-17(22-19-21)13-8-4-3-7-12(13)16(18(11)23-2)14-9-5-6-10-15(14)20;1-12-11-13-7-3-4-8-14(13)17(18(12)20-2)15-9-5-6-10-16(15)19;1-8-7-9-5-3-4-6-10(9)11(13(14)15)12(8)16-2;7-4-1-2-5(8)6(9)3-4;7-5-3-1-2-4-6(5)8;2-1-3;2-1(3)4;;;;;/h3-13H,1-2H3;1-11,26-27H;3-10,21H,1-2H3;3-11H,1-2H3;3-7,14-15H,1-2H3;1-3H;1-4H;1H2;;;;;;. The molecule has 0 aromatic heterocycles. The molecule has 0 amide bonds. The van der Waals surface area contributed by atoms with Gasteiger partial charge in [-0.3, -0.25) is 0 Å². The molecule has 0 heterocycles. The Morgan fingerprint density at radius 1 is 0.350 bits per heavy atom. The summed E-state index contributed by atoms with van der Waals surface area (Å²) < 4.78 is 121. The Balaban J connectivity index is 0.000000258. The Labute approximate surface area is 1020 Å². The molecular weight excluding hydrogens is 2740 g/mol. The van der Waals surface area contributed by atoms with E-state index in [4.69, 9.17) is 32.9 Å². The molecule has 36 heteroatoms. The van der Waals surface area contributed by atoms with Crippen molar-refractivity contribution in [3.8, 4) is 72.5 Å². The van der Waals surface area contributed by atoms with Gasteiger partial charge in [-0.2, -0.15) is 0 Å². The topological polar surface area (TPSA) is 69.9 Å². The van der Waals surface area contributed by atoms with Gasteiger partial charge in [-0.1, -0.05) is 266 Å². The van der Waals surface area contributed by atoms with Gasteiger partial charge in [-0.15, -0.1) is 143 Å². The molecule has 0 atom stereocenters. The zero-order valence-electron chi connectivity index (χ0n) is 77.5. The molecule has 734 valence electrons. The summed E-state index contributed by atoms with van der Waals surface area (Å²) in [6.45, 7) is 7.98. The number of halogens is 18. The average molecular weight is 2820 g/mol. The van der Waals surface area contributed by atoms with Crippen LogP contribution in [0.4, 0.5) is 35.1 Å². The molecule has 18 rings (SSSR count). The van der Waals surface area contributed by atoms with Crippen LogP contribution in [0.3, 0.4) is 0 Å². The number of benzene rings is 18. The molecule has 18 aromatic rings. The summed E-state index contributed by atoms with van der Waals surface area (Å²) in [5.74, 6) is -1.45. The van der Waals surface area contributed by atoms with E-state index >= 15 is 0 Å². The van der Waals surface area contributed by atoms with Crippen LogP contribution in [0.5, 0.6) is 5.75 Å². The molecule has 0 aliphatic heterocycles. The van der Waals surface area contributed by atoms with Crippen molar-refractivity contribution in [1.29, 1.82) is 0 Å². The van der Waals surface area contributed by atoms with Gasteiger partial charge in [0.15, 0.2) is 0 Å². The number of rotatable bonds is 13. The van der Waals surface area contributed by atoms with Gasteiger partial charge in [-0.25, -0.2) is 35.1 Å². The van der Waals surface area contributed by atoms with Crippen molar-refractivity contribution in [2.75, 3.05) is 30.4 Å². The number of hydrogen-bond donors (Lipinski definition) is 5. The first-order valence-corrected chi connectivity index (χ1v) is 72.3. The Hall–Kier alpha value is -1.86. The predicted octanol–water partition coefficient (Wildman–Crippen LogP) is 36.4. The second-order valence-corrected chi connectivity index (χ2v) is 45.8. The van der Waals surface area contributed by atoms with Crippen LogP contribution in [0.1, 0.15) is 22.3 Å². The fourth-order valence-electron chi connectivity index (χ4n) is 15.6. The third kappa shape index (κ3) is 34.6. The molecule has 4 radical (unpaired) electrons. The molecule has 0 saturated carbocycles. The van der Waals surface area contributed by atoms with E-state index in [0.717, 1.165) is 126 Å². The van der Waals surface area contributed by atoms with Crippen LogP contribution in [0.25, 0.3) is 121 Å². The summed E-state index contributed by atoms with van der Waals surface area (Å²) in [7, 11) is -0.742. The van der Waals surface area contributed by atoms with E-state index in [1.807, 2.05) is 202 Å². The van der Waals surface area contributed by atoms with Crippen LogP contribution < -0.4 is 10.1 Å². The number of fused-ring (bicyclic) bond motifs is 5. The van der Waals surface area contributed by atoms with Crippen molar-refractivity contribution >= 4 is 370 Å². The zero-order valence-corrected chi connectivity index (χ0v) is 107. The summed E-state index contributed by atoms with van der Waals surface area (Å²) in [5, 5.41) is 37.6. The van der Waals surface area contributed by atoms with Gasteiger partial charge in [0, 0.05) is 174 Å². The first-order valence-electron chi connectivity index (χ1n) is 42.4. The number of thiol groups is 2. The van der Waals surface area contributed by atoms with E-state index in [9.17, 15) is 45.2 Å². The number of thioether (sulfide) groups is 4. The molecule has 143 heavy (non-hydrogen) atoms. The van der Waals surface area contributed by atoms with E-state index < -0.39 is 7.12 Å². The summed E-state index contributed by atoms with van der Waals surface area (Å²) in [6, 6.07) is 91.4. The molecule has 3 N–H and O–H groups in total. The van der Waals surface area contributed by atoms with Gasteiger partial charge < -0.3 is 19.7 Å². The minimum atomic E-state index is -1.42. The predicted molar refractivity (Wildman–Crippen MR) is 628 cm³/mol. The second kappa shape index (κ2) is 65.7. The SMILES string of the molecule is BrB(Br)Br.CSc1c(C)c(-c2cc(Br)ccc2F)c2ccccc2c1-c1ccccc1F.CSc1c(C)c(O[B]O)c2ccccc2c1-c1ccccc1F.CSc1c(C)cc2ccccc2c1-c1ccccc1F.CSc1c(C)cc2ccccc2c1B(O)O.ClCCl.Fc1ccc(Br)cc1I.Fc1ccccc1-c1c(S)c(S)c(-c2cc(Br)ccc2F)c2ccccc12.Fc1ccccc1Br.[Co].[Co].[Co].[K][K]. The summed E-state index contributed by atoms with van der Waals surface area (Å²) in [5.41, 5.74) is 12.8. The van der Waals surface area contributed by atoms with Crippen molar-refractivity contribution in [2.45, 2.75) is 57.1 Å². The first kappa shape index (κ1) is 130.